The molecule has 0 fully saturated rings. The van der Waals surface area contributed by atoms with Crippen molar-refractivity contribution in [2.75, 3.05) is 0 Å². The van der Waals surface area contributed by atoms with Crippen molar-refractivity contribution >= 4 is 22.6 Å². The number of pyridine rings is 1. The molecule has 2 aromatic rings. The van der Waals surface area contributed by atoms with Crippen molar-refractivity contribution in [2.24, 2.45) is 0 Å². The van der Waals surface area contributed by atoms with Gasteiger partial charge in [0.1, 0.15) is 0 Å². The highest BCUT2D eigenvalue weighted by Crippen LogP contribution is 2.35. The molecule has 0 unspecified atom stereocenters. The van der Waals surface area contributed by atoms with E-state index in [0.29, 0.717) is 0 Å². The van der Waals surface area contributed by atoms with Gasteiger partial charge in [-0.3, -0.25) is 5.10 Å². The van der Waals surface area contributed by atoms with Crippen LogP contribution in [0.5, 0.6) is 0 Å². The average Bonchev–Trinajstić information content (AvgIpc) is 2.50. The minimum atomic E-state index is -0.00704. The summed E-state index contributed by atoms with van der Waals surface area (Å²) in [6.07, 6.45) is 1.79. The molecule has 1 N–H and O–H groups in total. The Morgan fingerprint density at radius 3 is 2.60 bits per heavy atom. The first kappa shape index (κ1) is 10.4. The van der Waals surface area contributed by atoms with Crippen molar-refractivity contribution in [3.05, 3.63) is 22.5 Å². The van der Waals surface area contributed by atoms with Crippen molar-refractivity contribution < 1.29 is 0 Å². The third kappa shape index (κ3) is 1.61. The van der Waals surface area contributed by atoms with Gasteiger partial charge in [0.15, 0.2) is 5.65 Å². The van der Waals surface area contributed by atoms with Gasteiger partial charge in [0.05, 0.1) is 16.9 Å². The van der Waals surface area contributed by atoms with Crippen LogP contribution in [-0.2, 0) is 5.41 Å². The van der Waals surface area contributed by atoms with Crippen LogP contribution in [0.1, 0.15) is 32.0 Å². The summed E-state index contributed by atoms with van der Waals surface area (Å²) < 4.78 is 0. The standard InChI is InChI=1S/C11H14ClN3/c1-6-9(12)8(11(2,3)4)7-5-13-15-10(7)14-6/h5H,1-4H3,(H,13,14,15). The predicted molar refractivity (Wildman–Crippen MR) is 62.3 cm³/mol. The number of rotatable bonds is 0. The van der Waals surface area contributed by atoms with Crippen molar-refractivity contribution in [1.29, 1.82) is 0 Å². The lowest BCUT2D eigenvalue weighted by molar-refractivity contribution is 0.595. The SMILES string of the molecule is Cc1nc2[nH]ncc2c(C(C)(C)C)c1Cl. The normalized spacial score (nSPS) is 12.3. The molecule has 0 aliphatic carbocycles. The van der Waals surface area contributed by atoms with Crippen LogP contribution in [0.25, 0.3) is 11.0 Å². The molecule has 80 valence electrons. The molecule has 2 aromatic heterocycles. The predicted octanol–water partition coefficient (Wildman–Crippen LogP) is 3.22. The minimum absolute atomic E-state index is 0.00704. The van der Waals surface area contributed by atoms with Gasteiger partial charge in [-0.05, 0) is 17.9 Å². The largest absolute Gasteiger partial charge is 0.261 e. The van der Waals surface area contributed by atoms with Crippen molar-refractivity contribution in [3.8, 4) is 0 Å². The number of fused-ring (bicyclic) bond motifs is 1. The van der Waals surface area contributed by atoms with Gasteiger partial charge in [0, 0.05) is 5.39 Å². The number of aryl methyl sites for hydroxylation is 1. The van der Waals surface area contributed by atoms with Crippen LogP contribution < -0.4 is 0 Å². The number of hydrogen-bond acceptors (Lipinski definition) is 2. The molecule has 15 heavy (non-hydrogen) atoms. The summed E-state index contributed by atoms with van der Waals surface area (Å²) in [7, 11) is 0. The highest BCUT2D eigenvalue weighted by Gasteiger charge is 2.23. The topological polar surface area (TPSA) is 41.6 Å². The lowest BCUT2D eigenvalue weighted by Crippen LogP contribution is -2.13. The maximum Gasteiger partial charge on any atom is 0.155 e. The summed E-state index contributed by atoms with van der Waals surface area (Å²) in [5, 5.41) is 8.65. The Hall–Kier alpha value is -1.09. The first-order chi connectivity index (χ1) is 6.91. The van der Waals surface area contributed by atoms with E-state index in [1.807, 2.05) is 6.92 Å². The molecule has 0 saturated heterocycles. The van der Waals surface area contributed by atoms with Crippen LogP contribution in [0, 0.1) is 6.92 Å². The van der Waals surface area contributed by atoms with E-state index in [1.54, 1.807) is 6.20 Å². The maximum atomic E-state index is 6.31. The molecule has 0 aromatic carbocycles. The fourth-order valence-electron chi connectivity index (χ4n) is 1.80. The molecule has 4 heteroatoms. The molecule has 0 saturated carbocycles. The lowest BCUT2D eigenvalue weighted by Gasteiger charge is -2.22. The van der Waals surface area contributed by atoms with Crippen molar-refractivity contribution in [2.45, 2.75) is 33.1 Å². The molecular formula is C11H14ClN3. The van der Waals surface area contributed by atoms with Crippen molar-refractivity contribution in [1.82, 2.24) is 15.2 Å². The van der Waals surface area contributed by atoms with E-state index >= 15 is 0 Å². The summed E-state index contributed by atoms with van der Waals surface area (Å²) in [6.45, 7) is 8.33. The lowest BCUT2D eigenvalue weighted by atomic mass is 9.85. The van der Waals surface area contributed by atoms with Crippen LogP contribution in [0.15, 0.2) is 6.20 Å². The number of nitrogens with zero attached hydrogens (tertiary/aromatic N) is 2. The van der Waals surface area contributed by atoms with Crippen LogP contribution in [0.3, 0.4) is 0 Å². The second-order valence-corrected chi connectivity index (χ2v) is 5.15. The second kappa shape index (κ2) is 3.20. The molecule has 3 nitrogen and oxygen atoms in total. The third-order valence-electron chi connectivity index (χ3n) is 2.46. The van der Waals surface area contributed by atoms with E-state index in [2.05, 4.69) is 36.0 Å². The zero-order valence-electron chi connectivity index (χ0n) is 9.35. The van der Waals surface area contributed by atoms with E-state index < -0.39 is 0 Å². The summed E-state index contributed by atoms with van der Waals surface area (Å²) in [6, 6.07) is 0. The Balaban J connectivity index is 2.90. The minimum Gasteiger partial charge on any atom is -0.261 e. The van der Waals surface area contributed by atoms with Gasteiger partial charge in [-0.25, -0.2) is 4.98 Å². The first-order valence-electron chi connectivity index (χ1n) is 4.91. The molecule has 0 atom stereocenters. The summed E-state index contributed by atoms with van der Waals surface area (Å²) in [5.74, 6) is 0. The summed E-state index contributed by atoms with van der Waals surface area (Å²) in [5.41, 5.74) is 2.76. The molecule has 0 radical (unpaired) electrons. The number of aromatic nitrogens is 3. The highest BCUT2D eigenvalue weighted by atomic mass is 35.5. The van der Waals surface area contributed by atoms with Crippen molar-refractivity contribution in [3.63, 3.8) is 0 Å². The van der Waals surface area contributed by atoms with Gasteiger partial charge >= 0.3 is 0 Å². The number of aromatic amines is 1. The van der Waals surface area contributed by atoms with Gasteiger partial charge in [-0.15, -0.1) is 0 Å². The van der Waals surface area contributed by atoms with Crippen LogP contribution in [0.4, 0.5) is 0 Å². The van der Waals surface area contributed by atoms with E-state index in [0.717, 1.165) is 27.3 Å². The summed E-state index contributed by atoms with van der Waals surface area (Å²) in [4.78, 5) is 4.36. The molecule has 0 amide bonds. The van der Waals surface area contributed by atoms with Crippen LogP contribution >= 0.6 is 11.6 Å². The number of hydrogen-bond donors (Lipinski definition) is 1. The number of nitrogens with one attached hydrogen (secondary N) is 1. The first-order valence-corrected chi connectivity index (χ1v) is 5.28. The Labute approximate surface area is 93.9 Å². The van der Waals surface area contributed by atoms with Gasteiger partial charge in [0.25, 0.3) is 0 Å². The van der Waals surface area contributed by atoms with Gasteiger partial charge in [-0.1, -0.05) is 32.4 Å². The summed E-state index contributed by atoms with van der Waals surface area (Å²) >= 11 is 6.31. The monoisotopic (exact) mass is 223 g/mol. The molecular weight excluding hydrogens is 210 g/mol. The van der Waals surface area contributed by atoms with Gasteiger partial charge in [-0.2, -0.15) is 5.10 Å². The maximum absolute atomic E-state index is 6.31. The van der Waals surface area contributed by atoms with E-state index in [1.165, 1.54) is 0 Å². The molecule has 2 rings (SSSR count). The Bertz CT molecular complexity index is 508. The van der Waals surface area contributed by atoms with E-state index in [9.17, 15) is 0 Å². The molecule has 0 aliphatic heterocycles. The Kier molecular flexibility index (Phi) is 2.23. The highest BCUT2D eigenvalue weighted by molar-refractivity contribution is 6.33. The number of H-pyrrole nitrogens is 1. The average molecular weight is 224 g/mol. The molecule has 2 heterocycles. The van der Waals surface area contributed by atoms with E-state index in [4.69, 9.17) is 11.6 Å². The second-order valence-electron chi connectivity index (χ2n) is 4.77. The quantitative estimate of drug-likeness (QED) is 0.745. The smallest absolute Gasteiger partial charge is 0.155 e. The zero-order chi connectivity index (χ0) is 11.2. The Morgan fingerprint density at radius 1 is 1.33 bits per heavy atom. The molecule has 0 bridgehead atoms. The van der Waals surface area contributed by atoms with Gasteiger partial charge < -0.3 is 0 Å². The zero-order valence-corrected chi connectivity index (χ0v) is 10.1. The van der Waals surface area contributed by atoms with Crippen LogP contribution in [-0.4, -0.2) is 15.2 Å². The van der Waals surface area contributed by atoms with Crippen LogP contribution in [0.2, 0.25) is 5.02 Å². The number of halogens is 1. The van der Waals surface area contributed by atoms with E-state index in [-0.39, 0.29) is 5.41 Å². The Morgan fingerprint density at radius 2 is 2.00 bits per heavy atom. The third-order valence-corrected chi connectivity index (χ3v) is 2.92. The fourth-order valence-corrected chi connectivity index (χ4v) is 2.22. The van der Waals surface area contributed by atoms with Gasteiger partial charge in [0.2, 0.25) is 0 Å². The molecule has 0 spiro atoms. The fraction of sp³-hybridized carbons (Fsp3) is 0.455. The molecule has 0 aliphatic rings.